The van der Waals surface area contributed by atoms with Crippen LogP contribution in [0.25, 0.3) is 0 Å². The lowest BCUT2D eigenvalue weighted by molar-refractivity contribution is -0.150. The van der Waals surface area contributed by atoms with Gasteiger partial charge in [-0.2, -0.15) is 0 Å². The first kappa shape index (κ1) is 29.4. The van der Waals surface area contributed by atoms with E-state index in [0.717, 1.165) is 28.9 Å². The summed E-state index contributed by atoms with van der Waals surface area (Å²) in [6.45, 7) is 0.671. The third-order valence-electron chi connectivity index (χ3n) is 5.17. The molecule has 2 aliphatic rings. The number of hydrogen-bond acceptors (Lipinski definition) is 10. The lowest BCUT2D eigenvalue weighted by Gasteiger charge is -2.48. The molecule has 6 N–H and O–H groups in total. The predicted molar refractivity (Wildman–Crippen MR) is 142 cm³/mol. The van der Waals surface area contributed by atoms with Crippen molar-refractivity contribution in [3.63, 3.8) is 0 Å². The first-order chi connectivity index (χ1) is 16.4. The van der Waals surface area contributed by atoms with Crippen LogP contribution in [-0.2, 0) is 32.2 Å². The molecule has 1 unspecified atom stereocenters. The minimum absolute atomic E-state index is 0. The molecule has 0 bridgehead atoms. The average molecular weight is 576 g/mol. The second-order valence-electron chi connectivity index (χ2n) is 7.42. The van der Waals surface area contributed by atoms with E-state index in [1.54, 1.807) is 5.38 Å². The van der Waals surface area contributed by atoms with Gasteiger partial charge in [0.25, 0.3) is 11.8 Å². The molecule has 1 aromatic heterocycles. The first-order valence-electron chi connectivity index (χ1n) is 10.3. The predicted octanol–water partition coefficient (Wildman–Crippen LogP) is 1.36. The Morgan fingerprint density at radius 1 is 1.25 bits per heavy atom. The van der Waals surface area contributed by atoms with Crippen molar-refractivity contribution in [3.8, 4) is 0 Å². The zero-order valence-electron chi connectivity index (χ0n) is 18.7. The van der Waals surface area contributed by atoms with Crippen LogP contribution < -0.4 is 16.8 Å². The molecule has 1 aromatic carbocycles. The fourth-order valence-corrected chi connectivity index (χ4v) is 5.23. The zero-order valence-corrected chi connectivity index (χ0v) is 21.9. The van der Waals surface area contributed by atoms with Gasteiger partial charge in [0, 0.05) is 11.1 Å². The molecule has 0 radical (unpaired) electrons. The van der Waals surface area contributed by atoms with Crippen LogP contribution in [0.15, 0.2) is 46.6 Å². The number of hydrogen-bond donors (Lipinski definition) is 4. The van der Waals surface area contributed by atoms with Gasteiger partial charge in [-0.15, -0.1) is 47.9 Å². The Bertz CT molecular complexity index is 1170. The van der Waals surface area contributed by atoms with Crippen LogP contribution in [0.5, 0.6) is 0 Å². The van der Waals surface area contributed by atoms with E-state index < -0.39 is 29.2 Å². The van der Waals surface area contributed by atoms with Crippen molar-refractivity contribution in [1.82, 2.24) is 15.2 Å². The number of carbonyl (C=O) groups is 3. The highest BCUT2D eigenvalue weighted by Crippen LogP contribution is 2.37. The van der Waals surface area contributed by atoms with Crippen LogP contribution in [-0.4, -0.2) is 62.2 Å². The second-order valence-corrected chi connectivity index (χ2v) is 9.46. The highest BCUT2D eigenvalue weighted by atomic mass is 35.5. The van der Waals surface area contributed by atoms with Gasteiger partial charge >= 0.3 is 5.97 Å². The first-order valence-corrected chi connectivity index (χ1v) is 12.2. The molecule has 2 aliphatic heterocycles. The van der Waals surface area contributed by atoms with Crippen LogP contribution >= 0.6 is 47.9 Å². The smallest absolute Gasteiger partial charge is 0.352 e. The summed E-state index contributed by atoms with van der Waals surface area (Å²) in [4.78, 5) is 47.7. The molecule has 2 aromatic rings. The molecular formula is C21H24Cl2N6O5S2. The maximum absolute atomic E-state index is 13.0. The number of thiazole rings is 1. The molecule has 0 aliphatic carbocycles. The van der Waals surface area contributed by atoms with E-state index in [9.17, 15) is 19.5 Å². The molecule has 2 atom stereocenters. The number of oxime groups is 1. The van der Waals surface area contributed by atoms with E-state index in [-0.39, 0.29) is 53.7 Å². The van der Waals surface area contributed by atoms with Gasteiger partial charge in [0.05, 0.1) is 0 Å². The van der Waals surface area contributed by atoms with E-state index in [2.05, 4.69) is 15.5 Å². The summed E-state index contributed by atoms with van der Waals surface area (Å²) in [5, 5.41) is 17.2. The normalized spacial score (nSPS) is 18.6. The Morgan fingerprint density at radius 2 is 1.94 bits per heavy atom. The Labute approximate surface area is 227 Å². The van der Waals surface area contributed by atoms with Crippen molar-refractivity contribution < 1.29 is 24.3 Å². The van der Waals surface area contributed by atoms with Gasteiger partial charge in [-0.25, -0.2) is 9.78 Å². The number of nitrogens with one attached hydrogen (secondary N) is 1. The summed E-state index contributed by atoms with van der Waals surface area (Å²) in [7, 11) is 0. The number of anilines is 1. The number of carboxylic acids is 1. The van der Waals surface area contributed by atoms with E-state index in [4.69, 9.17) is 16.3 Å². The summed E-state index contributed by atoms with van der Waals surface area (Å²) >= 11 is 2.49. The maximum atomic E-state index is 13.0. The summed E-state index contributed by atoms with van der Waals surface area (Å²) in [5.74, 6) is -1.95. The van der Waals surface area contributed by atoms with E-state index in [1.807, 2.05) is 24.3 Å². The molecule has 2 amide bonds. The standard InChI is InChI=1S/C21H22N6O5S2.2ClH/c22-7-5-11-1-3-12(4-2-11)9-32-26-15(13-10-34-21(23)24-13)17(28)25-16-18(29)27-14(20(30)31)6-8-33-19(16)27;;/h1-4,6,10,16,19H,5,7-9,22H2,(H2,23,24)(H,25,28)(H,30,31);2*1H/t16?,19-;;/m0../s1. The number of aromatic nitrogens is 1. The van der Waals surface area contributed by atoms with E-state index in [0.29, 0.717) is 12.3 Å². The Kier molecular flexibility index (Phi) is 10.5. The largest absolute Gasteiger partial charge is 0.477 e. The highest BCUT2D eigenvalue weighted by Gasteiger charge is 2.53. The van der Waals surface area contributed by atoms with Crippen LogP contribution in [0.3, 0.4) is 0 Å². The number of amides is 2. The van der Waals surface area contributed by atoms with E-state index in [1.165, 1.54) is 22.7 Å². The van der Waals surface area contributed by atoms with Crippen LogP contribution in [0.4, 0.5) is 5.13 Å². The highest BCUT2D eigenvalue weighted by molar-refractivity contribution is 8.00. The van der Waals surface area contributed by atoms with Crippen molar-refractivity contribution in [1.29, 1.82) is 0 Å². The lowest BCUT2D eigenvalue weighted by Crippen LogP contribution is -2.70. The van der Waals surface area contributed by atoms with Gasteiger partial charge in [0.2, 0.25) is 0 Å². The molecule has 4 rings (SSSR count). The minimum Gasteiger partial charge on any atom is -0.477 e. The molecule has 11 nitrogen and oxygen atoms in total. The topological polar surface area (TPSA) is 173 Å². The van der Waals surface area contributed by atoms with Gasteiger partial charge in [0.15, 0.2) is 10.8 Å². The molecule has 1 fully saturated rings. The van der Waals surface area contributed by atoms with Gasteiger partial charge in [0.1, 0.15) is 29.4 Å². The molecular weight excluding hydrogens is 551 g/mol. The number of aliphatic carboxylic acids is 1. The fraction of sp³-hybridized carbons (Fsp3) is 0.286. The monoisotopic (exact) mass is 574 g/mol. The maximum Gasteiger partial charge on any atom is 0.352 e. The van der Waals surface area contributed by atoms with Crippen molar-refractivity contribution >= 4 is 76.5 Å². The van der Waals surface area contributed by atoms with Crippen molar-refractivity contribution in [2.75, 3.05) is 18.0 Å². The SMILES string of the molecule is Cl.Cl.NCCc1ccc(CON=C(C(=O)NC2C(=O)N3C(C(=O)O)=CCS[C@@H]23)c2csc(N)n2)cc1. The Balaban J connectivity index is 0.00000228. The average Bonchev–Trinajstić information content (AvgIpc) is 3.26. The number of nitrogen functional groups attached to an aromatic ring is 1. The molecule has 194 valence electrons. The summed E-state index contributed by atoms with van der Waals surface area (Å²) in [6.07, 6.45) is 2.25. The number of thioether (sulfide) groups is 1. The number of rotatable bonds is 9. The number of fused-ring (bicyclic) bond motifs is 1. The van der Waals surface area contributed by atoms with Crippen LogP contribution in [0.2, 0.25) is 0 Å². The Hall–Kier alpha value is -2.84. The molecule has 0 spiro atoms. The summed E-state index contributed by atoms with van der Waals surface area (Å²) in [6, 6.07) is 6.77. The summed E-state index contributed by atoms with van der Waals surface area (Å²) < 4.78 is 0. The zero-order chi connectivity index (χ0) is 24.2. The van der Waals surface area contributed by atoms with Crippen LogP contribution in [0, 0.1) is 0 Å². The van der Waals surface area contributed by atoms with E-state index >= 15 is 0 Å². The second kappa shape index (κ2) is 12.9. The number of nitrogens with two attached hydrogens (primary N) is 2. The molecule has 3 heterocycles. The third kappa shape index (κ3) is 6.28. The number of halogens is 2. The van der Waals surface area contributed by atoms with Gasteiger partial charge in [-0.1, -0.05) is 29.4 Å². The van der Waals surface area contributed by atoms with Crippen molar-refractivity contribution in [2.24, 2.45) is 10.9 Å². The lowest BCUT2D eigenvalue weighted by atomic mass is 10.0. The van der Waals surface area contributed by atoms with Gasteiger partial charge in [-0.05, 0) is 30.2 Å². The number of carboxylic acid groups (broad SMARTS) is 1. The number of carbonyl (C=O) groups excluding carboxylic acids is 2. The molecule has 15 heteroatoms. The Morgan fingerprint density at radius 3 is 2.56 bits per heavy atom. The minimum atomic E-state index is -1.19. The number of benzene rings is 1. The number of β-lactam (4-membered cyclic amide) rings is 1. The molecule has 0 saturated carbocycles. The van der Waals surface area contributed by atoms with Crippen molar-refractivity contribution in [2.45, 2.75) is 24.4 Å². The molecule has 36 heavy (non-hydrogen) atoms. The molecule has 1 saturated heterocycles. The summed E-state index contributed by atoms with van der Waals surface area (Å²) in [5.41, 5.74) is 13.2. The van der Waals surface area contributed by atoms with Crippen LogP contribution in [0.1, 0.15) is 16.8 Å². The third-order valence-corrected chi connectivity index (χ3v) is 7.03. The quantitative estimate of drug-likeness (QED) is 0.196. The number of nitrogens with zero attached hydrogens (tertiary/aromatic N) is 3. The fourth-order valence-electron chi connectivity index (χ4n) is 3.49. The van der Waals surface area contributed by atoms with Gasteiger partial charge in [-0.3, -0.25) is 14.5 Å². The van der Waals surface area contributed by atoms with Crippen molar-refractivity contribution in [3.05, 3.63) is 58.2 Å². The van der Waals surface area contributed by atoms with Gasteiger partial charge < -0.3 is 26.7 Å².